The first-order valence-corrected chi connectivity index (χ1v) is 5.35. The van der Waals surface area contributed by atoms with Crippen LogP contribution < -0.4 is 5.32 Å². The summed E-state index contributed by atoms with van der Waals surface area (Å²) in [5.41, 5.74) is 1.56. The standard InChI is InChI=1S/C13H14FN3/c1-3-5-17-6-4-15-13(17)16-12-8-10(2)7-11(14)9-12/h3-4,6-9H,1,5H2,2H3,(H,15,16). The first kappa shape index (κ1) is 11.4. The number of nitrogens with one attached hydrogen (secondary N) is 1. The van der Waals surface area contributed by atoms with Crippen molar-refractivity contribution in [3.63, 3.8) is 0 Å². The fourth-order valence-corrected chi connectivity index (χ4v) is 1.66. The van der Waals surface area contributed by atoms with Crippen molar-refractivity contribution in [1.29, 1.82) is 0 Å². The van der Waals surface area contributed by atoms with Gasteiger partial charge in [0.1, 0.15) is 5.82 Å². The van der Waals surface area contributed by atoms with Crippen LogP contribution in [0.15, 0.2) is 43.2 Å². The summed E-state index contributed by atoms with van der Waals surface area (Å²) < 4.78 is 15.1. The van der Waals surface area contributed by atoms with Crippen molar-refractivity contribution in [1.82, 2.24) is 9.55 Å². The number of imidazole rings is 1. The quantitative estimate of drug-likeness (QED) is 0.818. The first-order valence-electron chi connectivity index (χ1n) is 5.35. The van der Waals surface area contributed by atoms with Crippen molar-refractivity contribution in [2.75, 3.05) is 5.32 Å². The number of halogens is 1. The number of aromatic nitrogens is 2. The Bertz CT molecular complexity index is 511. The number of hydrogen-bond acceptors (Lipinski definition) is 2. The second kappa shape index (κ2) is 4.82. The van der Waals surface area contributed by atoms with Gasteiger partial charge in [-0.3, -0.25) is 0 Å². The molecular weight excluding hydrogens is 217 g/mol. The summed E-state index contributed by atoms with van der Waals surface area (Å²) in [5.74, 6) is 0.421. The predicted molar refractivity (Wildman–Crippen MR) is 66.8 cm³/mol. The van der Waals surface area contributed by atoms with Gasteiger partial charge in [-0.15, -0.1) is 6.58 Å². The summed E-state index contributed by atoms with van der Waals surface area (Å²) in [7, 11) is 0. The Kier molecular flexibility index (Phi) is 3.23. The summed E-state index contributed by atoms with van der Waals surface area (Å²) >= 11 is 0. The van der Waals surface area contributed by atoms with Crippen LogP contribution in [0.3, 0.4) is 0 Å². The minimum atomic E-state index is -0.255. The lowest BCUT2D eigenvalue weighted by Crippen LogP contribution is -2.02. The molecule has 0 aliphatic carbocycles. The fraction of sp³-hybridized carbons (Fsp3) is 0.154. The molecule has 0 atom stereocenters. The maximum absolute atomic E-state index is 13.2. The normalized spacial score (nSPS) is 10.2. The third kappa shape index (κ3) is 2.72. The van der Waals surface area contributed by atoms with Gasteiger partial charge in [-0.05, 0) is 30.7 Å². The van der Waals surface area contributed by atoms with E-state index in [2.05, 4.69) is 16.9 Å². The van der Waals surface area contributed by atoms with E-state index in [1.807, 2.05) is 23.8 Å². The lowest BCUT2D eigenvalue weighted by molar-refractivity contribution is 0.627. The zero-order valence-corrected chi connectivity index (χ0v) is 9.65. The van der Waals surface area contributed by atoms with Crippen LogP contribution in [0.25, 0.3) is 0 Å². The minimum Gasteiger partial charge on any atom is -0.325 e. The molecular formula is C13H14FN3. The highest BCUT2D eigenvalue weighted by molar-refractivity contribution is 5.54. The molecule has 0 fully saturated rings. The van der Waals surface area contributed by atoms with E-state index in [9.17, 15) is 4.39 Å². The second-order valence-electron chi connectivity index (χ2n) is 3.83. The van der Waals surface area contributed by atoms with Crippen LogP contribution in [-0.2, 0) is 6.54 Å². The highest BCUT2D eigenvalue weighted by Gasteiger charge is 2.03. The molecule has 0 radical (unpaired) electrons. The average Bonchev–Trinajstić information content (AvgIpc) is 2.65. The summed E-state index contributed by atoms with van der Waals surface area (Å²) in [5, 5.41) is 3.08. The van der Waals surface area contributed by atoms with Crippen LogP contribution >= 0.6 is 0 Å². The molecule has 88 valence electrons. The van der Waals surface area contributed by atoms with Crippen LogP contribution in [0.4, 0.5) is 16.0 Å². The van der Waals surface area contributed by atoms with E-state index in [1.54, 1.807) is 12.3 Å². The molecule has 0 aliphatic rings. The Balaban J connectivity index is 2.24. The van der Waals surface area contributed by atoms with Crippen LogP contribution in [0, 0.1) is 12.7 Å². The molecule has 1 heterocycles. The van der Waals surface area contributed by atoms with Gasteiger partial charge in [0.15, 0.2) is 0 Å². The fourth-order valence-electron chi connectivity index (χ4n) is 1.66. The predicted octanol–water partition coefficient (Wildman–Crippen LogP) is 3.26. The molecule has 1 N–H and O–H groups in total. The highest BCUT2D eigenvalue weighted by Crippen LogP contribution is 2.18. The van der Waals surface area contributed by atoms with Gasteiger partial charge in [-0.1, -0.05) is 6.08 Å². The van der Waals surface area contributed by atoms with Crippen molar-refractivity contribution in [3.8, 4) is 0 Å². The van der Waals surface area contributed by atoms with Gasteiger partial charge in [0.2, 0.25) is 5.95 Å². The molecule has 2 rings (SSSR count). The maximum atomic E-state index is 13.2. The summed E-state index contributed by atoms with van der Waals surface area (Å²) in [6.07, 6.45) is 5.32. The van der Waals surface area contributed by atoms with Crippen LogP contribution in [0.2, 0.25) is 0 Å². The number of nitrogens with zero attached hydrogens (tertiary/aromatic N) is 2. The zero-order valence-electron chi connectivity index (χ0n) is 9.65. The van der Waals surface area contributed by atoms with Gasteiger partial charge in [0.05, 0.1) is 0 Å². The van der Waals surface area contributed by atoms with E-state index < -0.39 is 0 Å². The minimum absolute atomic E-state index is 0.255. The van der Waals surface area contributed by atoms with Crippen molar-refractivity contribution in [3.05, 3.63) is 54.6 Å². The number of hydrogen-bond donors (Lipinski definition) is 1. The third-order valence-electron chi connectivity index (χ3n) is 2.34. The molecule has 0 saturated carbocycles. The van der Waals surface area contributed by atoms with E-state index >= 15 is 0 Å². The smallest absolute Gasteiger partial charge is 0.207 e. The Morgan fingerprint density at radius 2 is 2.29 bits per heavy atom. The van der Waals surface area contributed by atoms with Crippen molar-refractivity contribution < 1.29 is 4.39 Å². The highest BCUT2D eigenvalue weighted by atomic mass is 19.1. The summed E-state index contributed by atoms with van der Waals surface area (Å²) in [6, 6.07) is 4.80. The Morgan fingerprint density at radius 3 is 3.00 bits per heavy atom. The monoisotopic (exact) mass is 231 g/mol. The summed E-state index contributed by atoms with van der Waals surface area (Å²) in [4.78, 5) is 4.17. The first-order chi connectivity index (χ1) is 8.19. The molecule has 2 aromatic rings. The molecule has 0 unspecified atom stereocenters. The summed E-state index contributed by atoms with van der Waals surface area (Å²) in [6.45, 7) is 6.19. The van der Waals surface area contributed by atoms with E-state index in [0.717, 1.165) is 5.56 Å². The zero-order chi connectivity index (χ0) is 12.3. The molecule has 17 heavy (non-hydrogen) atoms. The van der Waals surface area contributed by atoms with Gasteiger partial charge in [-0.25, -0.2) is 9.37 Å². The van der Waals surface area contributed by atoms with E-state index in [1.165, 1.54) is 12.1 Å². The molecule has 0 amide bonds. The number of allylic oxidation sites excluding steroid dienone is 1. The Morgan fingerprint density at radius 1 is 1.47 bits per heavy atom. The van der Waals surface area contributed by atoms with Crippen molar-refractivity contribution in [2.24, 2.45) is 0 Å². The average molecular weight is 231 g/mol. The Hall–Kier alpha value is -2.10. The van der Waals surface area contributed by atoms with Crippen molar-refractivity contribution in [2.45, 2.75) is 13.5 Å². The number of anilines is 2. The molecule has 3 nitrogen and oxygen atoms in total. The van der Waals surface area contributed by atoms with Crippen molar-refractivity contribution >= 4 is 11.6 Å². The molecule has 0 spiro atoms. The van der Waals surface area contributed by atoms with Gasteiger partial charge in [0, 0.05) is 24.6 Å². The van der Waals surface area contributed by atoms with Crippen LogP contribution in [-0.4, -0.2) is 9.55 Å². The molecule has 0 saturated heterocycles. The van der Waals surface area contributed by atoms with Crippen LogP contribution in [0.5, 0.6) is 0 Å². The lowest BCUT2D eigenvalue weighted by Gasteiger charge is -2.08. The SMILES string of the molecule is C=CCn1ccnc1Nc1cc(C)cc(F)c1. The number of rotatable bonds is 4. The number of aryl methyl sites for hydroxylation is 1. The van der Waals surface area contributed by atoms with Gasteiger partial charge >= 0.3 is 0 Å². The van der Waals surface area contributed by atoms with Crippen LogP contribution in [0.1, 0.15) is 5.56 Å². The lowest BCUT2D eigenvalue weighted by atomic mass is 10.2. The maximum Gasteiger partial charge on any atom is 0.207 e. The van der Waals surface area contributed by atoms with E-state index in [4.69, 9.17) is 0 Å². The van der Waals surface area contributed by atoms with Gasteiger partial charge < -0.3 is 9.88 Å². The largest absolute Gasteiger partial charge is 0.325 e. The van der Waals surface area contributed by atoms with Gasteiger partial charge in [-0.2, -0.15) is 0 Å². The molecule has 0 aliphatic heterocycles. The topological polar surface area (TPSA) is 29.9 Å². The Labute approximate surface area is 99.6 Å². The van der Waals surface area contributed by atoms with E-state index in [0.29, 0.717) is 18.2 Å². The second-order valence-corrected chi connectivity index (χ2v) is 3.83. The van der Waals surface area contributed by atoms with Gasteiger partial charge in [0.25, 0.3) is 0 Å². The molecule has 1 aromatic carbocycles. The molecule has 4 heteroatoms. The molecule has 0 bridgehead atoms. The number of benzene rings is 1. The molecule has 1 aromatic heterocycles. The van der Waals surface area contributed by atoms with E-state index in [-0.39, 0.29) is 5.82 Å². The third-order valence-corrected chi connectivity index (χ3v) is 2.34.